The van der Waals surface area contributed by atoms with Gasteiger partial charge < -0.3 is 10.6 Å². The van der Waals surface area contributed by atoms with Crippen molar-refractivity contribution in [3.63, 3.8) is 0 Å². The number of carbonyl (C=O) groups is 1. The molecule has 21 heavy (non-hydrogen) atoms. The predicted octanol–water partition coefficient (Wildman–Crippen LogP) is 2.41. The van der Waals surface area contributed by atoms with Gasteiger partial charge in [-0.05, 0) is 26.0 Å². The highest BCUT2D eigenvalue weighted by molar-refractivity contribution is 5.97. The molecule has 114 valence electrons. The van der Waals surface area contributed by atoms with E-state index in [0.717, 1.165) is 4.90 Å². The van der Waals surface area contributed by atoms with Crippen LogP contribution in [0.4, 0.5) is 13.2 Å². The summed E-state index contributed by atoms with van der Waals surface area (Å²) in [6, 6.07) is 5.74. The number of carbonyl (C=O) groups excluding carboxylic acids is 1. The first-order valence-electron chi connectivity index (χ1n) is 6.42. The Balaban J connectivity index is 3.16. The van der Waals surface area contributed by atoms with Crippen molar-refractivity contribution in [2.45, 2.75) is 26.1 Å². The fraction of sp³-hybridized carbons (Fsp3) is 0.400. The Bertz CT molecular complexity index is 556. The maximum atomic E-state index is 12.6. The zero-order valence-electron chi connectivity index (χ0n) is 11.9. The van der Waals surface area contributed by atoms with E-state index in [0.29, 0.717) is 5.56 Å². The summed E-state index contributed by atoms with van der Waals surface area (Å²) in [6.45, 7) is 1.90. The average molecular weight is 298 g/mol. The molecule has 0 atom stereocenters. The van der Waals surface area contributed by atoms with E-state index in [2.05, 4.69) is 11.8 Å². The van der Waals surface area contributed by atoms with Gasteiger partial charge in [0.05, 0.1) is 12.1 Å². The van der Waals surface area contributed by atoms with Crippen molar-refractivity contribution < 1.29 is 18.0 Å². The van der Waals surface area contributed by atoms with Crippen molar-refractivity contribution in [2.24, 2.45) is 5.73 Å². The molecule has 0 aliphatic carbocycles. The van der Waals surface area contributed by atoms with Gasteiger partial charge in [-0.3, -0.25) is 4.79 Å². The molecule has 6 heteroatoms. The molecule has 0 saturated carbocycles. The number of nitrogens with zero attached hydrogens (tertiary/aromatic N) is 1. The second-order valence-corrected chi connectivity index (χ2v) is 4.69. The first-order valence-corrected chi connectivity index (χ1v) is 6.42. The third-order valence-electron chi connectivity index (χ3n) is 2.72. The lowest BCUT2D eigenvalue weighted by molar-refractivity contribution is -0.143. The number of benzene rings is 1. The monoisotopic (exact) mass is 298 g/mol. The Kier molecular flexibility index (Phi) is 5.79. The van der Waals surface area contributed by atoms with E-state index in [1.807, 2.05) is 0 Å². The fourth-order valence-electron chi connectivity index (χ4n) is 1.76. The summed E-state index contributed by atoms with van der Waals surface area (Å²) >= 11 is 0. The van der Waals surface area contributed by atoms with Crippen molar-refractivity contribution in [2.75, 3.05) is 13.1 Å². The summed E-state index contributed by atoms with van der Waals surface area (Å²) in [7, 11) is 0. The fourth-order valence-corrected chi connectivity index (χ4v) is 1.76. The van der Waals surface area contributed by atoms with E-state index >= 15 is 0 Å². The molecule has 0 unspecified atom stereocenters. The van der Waals surface area contributed by atoms with Gasteiger partial charge in [-0.15, -0.1) is 0 Å². The summed E-state index contributed by atoms with van der Waals surface area (Å²) in [6.07, 6.45) is -4.45. The normalized spacial score (nSPS) is 11.0. The molecule has 0 saturated heterocycles. The molecular formula is C15H17F3N2O. The van der Waals surface area contributed by atoms with Gasteiger partial charge in [0.15, 0.2) is 0 Å². The lowest BCUT2D eigenvalue weighted by Crippen LogP contribution is -2.43. The van der Waals surface area contributed by atoms with Gasteiger partial charge in [0, 0.05) is 11.6 Å². The van der Waals surface area contributed by atoms with Crippen LogP contribution in [0.1, 0.15) is 29.8 Å². The highest BCUT2D eigenvalue weighted by Gasteiger charge is 2.35. The third kappa shape index (κ3) is 5.12. The molecule has 0 aliphatic rings. The number of rotatable bonds is 3. The average Bonchev–Trinajstić information content (AvgIpc) is 2.41. The summed E-state index contributed by atoms with van der Waals surface area (Å²) < 4.78 is 37.8. The van der Waals surface area contributed by atoms with E-state index in [-0.39, 0.29) is 12.1 Å². The van der Waals surface area contributed by atoms with Crippen LogP contribution < -0.4 is 5.73 Å². The van der Waals surface area contributed by atoms with Crippen molar-refractivity contribution in [1.82, 2.24) is 4.90 Å². The van der Waals surface area contributed by atoms with Crippen molar-refractivity contribution in [3.8, 4) is 11.8 Å². The van der Waals surface area contributed by atoms with Crippen LogP contribution in [0, 0.1) is 11.8 Å². The molecule has 0 bridgehead atoms. The first-order chi connectivity index (χ1) is 9.76. The van der Waals surface area contributed by atoms with Crippen LogP contribution in [0.15, 0.2) is 24.3 Å². The molecule has 3 nitrogen and oxygen atoms in total. The van der Waals surface area contributed by atoms with Gasteiger partial charge in [-0.2, -0.15) is 13.2 Å². The van der Waals surface area contributed by atoms with Crippen molar-refractivity contribution >= 4 is 5.91 Å². The van der Waals surface area contributed by atoms with E-state index in [1.54, 1.807) is 18.2 Å². The Morgan fingerprint density at radius 1 is 1.33 bits per heavy atom. The smallest absolute Gasteiger partial charge is 0.327 e. The van der Waals surface area contributed by atoms with Gasteiger partial charge in [-0.25, -0.2) is 0 Å². The molecule has 0 radical (unpaired) electrons. The number of nitrogens with two attached hydrogens (primary N) is 1. The second-order valence-electron chi connectivity index (χ2n) is 4.69. The lowest BCUT2D eigenvalue weighted by atomic mass is 10.1. The summed E-state index contributed by atoms with van der Waals surface area (Å²) in [5.74, 6) is 4.62. The van der Waals surface area contributed by atoms with Crippen LogP contribution in [-0.4, -0.2) is 36.1 Å². The lowest BCUT2D eigenvalue weighted by Gasteiger charge is -2.28. The molecular weight excluding hydrogens is 281 g/mol. The summed E-state index contributed by atoms with van der Waals surface area (Å²) in [4.78, 5) is 13.2. The second kappa shape index (κ2) is 7.14. The first kappa shape index (κ1) is 17.1. The number of alkyl halides is 3. The van der Waals surface area contributed by atoms with E-state index in [9.17, 15) is 18.0 Å². The molecule has 0 aliphatic heterocycles. The Labute approximate surface area is 121 Å². The maximum Gasteiger partial charge on any atom is 0.406 e. The van der Waals surface area contributed by atoms with Crippen LogP contribution in [-0.2, 0) is 0 Å². The van der Waals surface area contributed by atoms with E-state index in [4.69, 9.17) is 5.73 Å². The van der Waals surface area contributed by atoms with Crippen LogP contribution in [0.2, 0.25) is 0 Å². The number of hydrogen-bond donors (Lipinski definition) is 1. The van der Waals surface area contributed by atoms with Crippen LogP contribution in [0.3, 0.4) is 0 Å². The Morgan fingerprint density at radius 3 is 2.48 bits per heavy atom. The minimum absolute atomic E-state index is 0.110. The standard InChI is InChI=1S/C15H17F3N2O/c1-11(2)20(10-15(16,17)18)14(21)13-8-4-3-6-12(13)7-5-9-19/h3-4,6,8,11H,9-10,19H2,1-2H3. The topological polar surface area (TPSA) is 46.3 Å². The molecule has 0 heterocycles. The molecule has 1 aromatic rings. The zero-order chi connectivity index (χ0) is 16.0. The minimum atomic E-state index is -4.45. The van der Waals surface area contributed by atoms with Gasteiger partial charge in [-0.1, -0.05) is 24.0 Å². The number of halogens is 3. The molecule has 0 fully saturated rings. The van der Waals surface area contributed by atoms with Gasteiger partial charge in [0.1, 0.15) is 6.54 Å². The summed E-state index contributed by atoms with van der Waals surface area (Å²) in [5, 5.41) is 0. The zero-order valence-corrected chi connectivity index (χ0v) is 11.9. The van der Waals surface area contributed by atoms with Gasteiger partial charge in [0.25, 0.3) is 5.91 Å². The highest BCUT2D eigenvalue weighted by atomic mass is 19.4. The molecule has 1 aromatic carbocycles. The predicted molar refractivity (Wildman–Crippen MR) is 74.6 cm³/mol. The minimum Gasteiger partial charge on any atom is -0.327 e. The molecule has 0 aromatic heterocycles. The number of hydrogen-bond acceptors (Lipinski definition) is 2. The van der Waals surface area contributed by atoms with Crippen LogP contribution in [0.25, 0.3) is 0 Å². The van der Waals surface area contributed by atoms with Crippen LogP contribution >= 0.6 is 0 Å². The summed E-state index contributed by atoms with van der Waals surface area (Å²) in [5.41, 5.74) is 5.80. The largest absolute Gasteiger partial charge is 0.406 e. The molecule has 0 spiro atoms. The van der Waals surface area contributed by atoms with Crippen LogP contribution in [0.5, 0.6) is 0 Å². The highest BCUT2D eigenvalue weighted by Crippen LogP contribution is 2.21. The molecule has 1 amide bonds. The molecule has 1 rings (SSSR count). The maximum absolute atomic E-state index is 12.6. The molecule has 2 N–H and O–H groups in total. The van der Waals surface area contributed by atoms with E-state index < -0.39 is 24.7 Å². The van der Waals surface area contributed by atoms with Crippen molar-refractivity contribution in [3.05, 3.63) is 35.4 Å². The van der Waals surface area contributed by atoms with Gasteiger partial charge >= 0.3 is 6.18 Å². The van der Waals surface area contributed by atoms with E-state index in [1.165, 1.54) is 19.9 Å². The SMILES string of the molecule is CC(C)N(CC(F)(F)F)C(=O)c1ccccc1C#CCN. The Morgan fingerprint density at radius 2 is 1.95 bits per heavy atom. The third-order valence-corrected chi connectivity index (χ3v) is 2.72. The quantitative estimate of drug-likeness (QED) is 0.871. The van der Waals surface area contributed by atoms with Crippen molar-refractivity contribution in [1.29, 1.82) is 0 Å². The van der Waals surface area contributed by atoms with Gasteiger partial charge in [0.2, 0.25) is 0 Å². The number of amides is 1. The Hall–Kier alpha value is -2.00.